The first kappa shape index (κ1) is 28.0. The smallest absolute Gasteiger partial charge is 0.146 e. The molecule has 0 atom stereocenters. The predicted molar refractivity (Wildman–Crippen MR) is 182 cm³/mol. The van der Waals surface area contributed by atoms with Gasteiger partial charge in [0.15, 0.2) is 0 Å². The molecule has 0 aliphatic rings. The largest absolute Gasteiger partial charge is 0.303 e. The second-order valence-electron chi connectivity index (χ2n) is 11.2. The van der Waals surface area contributed by atoms with Gasteiger partial charge in [-0.25, -0.2) is 4.98 Å². The fourth-order valence-electron chi connectivity index (χ4n) is 5.98. The highest BCUT2D eigenvalue weighted by Gasteiger charge is 2.23. The van der Waals surface area contributed by atoms with Gasteiger partial charge < -0.3 is 4.90 Å². The molecule has 0 bridgehead atoms. The maximum Gasteiger partial charge on any atom is 0.146 e. The Morgan fingerprint density at radius 3 is 1.86 bits per heavy atom. The minimum Gasteiger partial charge on any atom is -0.303 e. The van der Waals surface area contributed by atoms with Gasteiger partial charge in [-0.15, -0.1) is 0 Å². The molecule has 6 rings (SSSR count). The molecule has 0 spiro atoms. The molecule has 3 nitrogen and oxygen atoms in total. The molecule has 5 aromatic carbocycles. The molecule has 0 unspecified atom stereocenters. The molecule has 212 valence electrons. The molecule has 6 aromatic rings. The number of para-hydroxylation sites is 5. The van der Waals surface area contributed by atoms with E-state index in [0.717, 1.165) is 56.3 Å². The SMILES string of the molecule is CC=C=C(c1cc(C)c(-c2nc3ccccc3n2-c2ccccc2C)cc1C)N(c1ccccc1C)c1ccccc1C. The van der Waals surface area contributed by atoms with Gasteiger partial charge in [0, 0.05) is 22.5 Å². The van der Waals surface area contributed by atoms with Crippen molar-refractivity contribution in [1.29, 1.82) is 0 Å². The quantitative estimate of drug-likeness (QED) is 0.189. The van der Waals surface area contributed by atoms with Crippen LogP contribution in [-0.2, 0) is 0 Å². The van der Waals surface area contributed by atoms with Crippen LogP contribution in [0.4, 0.5) is 11.4 Å². The highest BCUT2D eigenvalue weighted by molar-refractivity contribution is 5.92. The number of imidazole rings is 1. The maximum atomic E-state index is 5.19. The van der Waals surface area contributed by atoms with Crippen LogP contribution in [0.3, 0.4) is 0 Å². The van der Waals surface area contributed by atoms with Crippen LogP contribution in [0.15, 0.2) is 121 Å². The summed E-state index contributed by atoms with van der Waals surface area (Å²) in [5.74, 6) is 0.953. The lowest BCUT2D eigenvalue weighted by atomic mass is 9.95. The Kier molecular flexibility index (Phi) is 7.59. The highest BCUT2D eigenvalue weighted by atomic mass is 15.2. The molecule has 0 saturated carbocycles. The second-order valence-corrected chi connectivity index (χ2v) is 11.2. The monoisotopic (exact) mass is 559 g/mol. The lowest BCUT2D eigenvalue weighted by Crippen LogP contribution is -2.18. The first-order chi connectivity index (χ1) is 20.9. The first-order valence-electron chi connectivity index (χ1n) is 14.9. The van der Waals surface area contributed by atoms with E-state index < -0.39 is 0 Å². The van der Waals surface area contributed by atoms with Gasteiger partial charge >= 0.3 is 0 Å². The van der Waals surface area contributed by atoms with Crippen LogP contribution < -0.4 is 4.90 Å². The van der Waals surface area contributed by atoms with Crippen molar-refractivity contribution in [2.75, 3.05) is 4.90 Å². The van der Waals surface area contributed by atoms with E-state index in [4.69, 9.17) is 4.98 Å². The third kappa shape index (κ3) is 5.09. The van der Waals surface area contributed by atoms with Gasteiger partial charge in [0.05, 0.1) is 22.4 Å². The van der Waals surface area contributed by atoms with E-state index in [0.29, 0.717) is 0 Å². The van der Waals surface area contributed by atoms with Crippen LogP contribution in [-0.4, -0.2) is 9.55 Å². The van der Waals surface area contributed by atoms with E-state index in [-0.39, 0.29) is 0 Å². The maximum absolute atomic E-state index is 5.19. The summed E-state index contributed by atoms with van der Waals surface area (Å²) in [6.07, 6.45) is 2.01. The van der Waals surface area contributed by atoms with Crippen molar-refractivity contribution in [3.63, 3.8) is 0 Å². The van der Waals surface area contributed by atoms with Gasteiger partial charge in [-0.2, -0.15) is 0 Å². The van der Waals surface area contributed by atoms with Crippen LogP contribution in [0.2, 0.25) is 0 Å². The average molecular weight is 560 g/mol. The zero-order valence-corrected chi connectivity index (χ0v) is 25.8. The number of hydrogen-bond acceptors (Lipinski definition) is 2. The van der Waals surface area contributed by atoms with Gasteiger partial charge in [-0.3, -0.25) is 4.57 Å². The fraction of sp³-hybridized carbons (Fsp3) is 0.150. The third-order valence-corrected chi connectivity index (χ3v) is 8.20. The van der Waals surface area contributed by atoms with E-state index in [1.54, 1.807) is 0 Å². The number of hydrogen-bond donors (Lipinski definition) is 0. The van der Waals surface area contributed by atoms with Crippen molar-refractivity contribution >= 4 is 28.1 Å². The van der Waals surface area contributed by atoms with Crippen LogP contribution in [0.1, 0.15) is 40.3 Å². The summed E-state index contributed by atoms with van der Waals surface area (Å²) in [5, 5.41) is 0. The van der Waals surface area contributed by atoms with E-state index >= 15 is 0 Å². The molecule has 0 fully saturated rings. The van der Waals surface area contributed by atoms with Crippen LogP contribution >= 0.6 is 0 Å². The normalized spacial score (nSPS) is 10.9. The Balaban J connectivity index is 1.58. The Labute approximate surface area is 255 Å². The fourth-order valence-corrected chi connectivity index (χ4v) is 5.98. The standard InChI is InChI=1S/C40H37N3/c1-7-16-38(42(35-21-12-8-17-27(35)2)36-22-13-9-18-28(36)3)32-25-31(6)33(26-30(32)5)40-41-34-20-11-15-24-39(34)43(40)37-23-14-10-19-29(37)4/h7-15,17-26H,1-6H3. The highest BCUT2D eigenvalue weighted by Crippen LogP contribution is 2.40. The number of benzene rings is 5. The molecule has 3 heteroatoms. The lowest BCUT2D eigenvalue weighted by Gasteiger charge is -2.30. The molecule has 0 N–H and O–H groups in total. The molecule has 43 heavy (non-hydrogen) atoms. The summed E-state index contributed by atoms with van der Waals surface area (Å²) in [6.45, 7) is 12.9. The van der Waals surface area contributed by atoms with Crippen molar-refractivity contribution in [2.24, 2.45) is 0 Å². The summed E-state index contributed by atoms with van der Waals surface area (Å²) < 4.78 is 2.31. The van der Waals surface area contributed by atoms with Crippen LogP contribution in [0.25, 0.3) is 33.8 Å². The summed E-state index contributed by atoms with van der Waals surface area (Å²) in [4.78, 5) is 7.55. The van der Waals surface area contributed by atoms with Crippen molar-refractivity contribution in [3.8, 4) is 17.1 Å². The Morgan fingerprint density at radius 1 is 0.651 bits per heavy atom. The second kappa shape index (κ2) is 11.6. The molecule has 0 amide bonds. The van der Waals surface area contributed by atoms with Crippen molar-refractivity contribution in [3.05, 3.63) is 154 Å². The number of aromatic nitrogens is 2. The van der Waals surface area contributed by atoms with Crippen molar-refractivity contribution < 1.29 is 0 Å². The molecule has 0 radical (unpaired) electrons. The van der Waals surface area contributed by atoms with Gasteiger partial charge in [0.25, 0.3) is 0 Å². The van der Waals surface area contributed by atoms with E-state index in [2.05, 4.69) is 159 Å². The zero-order valence-electron chi connectivity index (χ0n) is 25.8. The van der Waals surface area contributed by atoms with Gasteiger partial charge in [0.1, 0.15) is 5.82 Å². The number of nitrogens with zero attached hydrogens (tertiary/aromatic N) is 3. The number of aryl methyl sites for hydroxylation is 5. The van der Waals surface area contributed by atoms with Crippen LogP contribution in [0.5, 0.6) is 0 Å². The van der Waals surface area contributed by atoms with E-state index in [1.807, 2.05) is 13.0 Å². The minimum absolute atomic E-state index is 0.953. The molecule has 0 aliphatic carbocycles. The van der Waals surface area contributed by atoms with Gasteiger partial charge in [0.2, 0.25) is 0 Å². The zero-order chi connectivity index (χ0) is 30.1. The summed E-state index contributed by atoms with van der Waals surface area (Å²) >= 11 is 0. The molecular formula is C40H37N3. The number of rotatable bonds is 6. The van der Waals surface area contributed by atoms with E-state index in [1.165, 1.54) is 22.3 Å². The number of fused-ring (bicyclic) bond motifs is 1. The average Bonchev–Trinajstić information content (AvgIpc) is 3.39. The first-order valence-corrected chi connectivity index (χ1v) is 14.9. The Bertz CT molecular complexity index is 1990. The summed E-state index contributed by atoms with van der Waals surface area (Å²) in [7, 11) is 0. The minimum atomic E-state index is 0.953. The van der Waals surface area contributed by atoms with E-state index in [9.17, 15) is 0 Å². The lowest BCUT2D eigenvalue weighted by molar-refractivity contribution is 1.08. The van der Waals surface area contributed by atoms with Gasteiger partial charge in [-0.05, 0) is 118 Å². The predicted octanol–water partition coefficient (Wildman–Crippen LogP) is 10.6. The topological polar surface area (TPSA) is 21.1 Å². The Morgan fingerprint density at radius 2 is 1.23 bits per heavy atom. The summed E-state index contributed by atoms with van der Waals surface area (Å²) in [6, 6.07) is 38.7. The van der Waals surface area contributed by atoms with Gasteiger partial charge in [-0.1, -0.05) is 72.5 Å². The van der Waals surface area contributed by atoms with Crippen LogP contribution in [0, 0.1) is 34.6 Å². The Hall–Kier alpha value is -5.11. The van der Waals surface area contributed by atoms with Crippen molar-refractivity contribution in [1.82, 2.24) is 9.55 Å². The molecule has 0 saturated heterocycles. The number of allylic oxidation sites excluding steroid dienone is 1. The number of anilines is 2. The molecular weight excluding hydrogens is 522 g/mol. The van der Waals surface area contributed by atoms with Crippen molar-refractivity contribution in [2.45, 2.75) is 41.5 Å². The molecule has 1 heterocycles. The summed E-state index contributed by atoms with van der Waals surface area (Å²) in [5.41, 5.74) is 18.4. The third-order valence-electron chi connectivity index (χ3n) is 8.20. The molecule has 0 aliphatic heterocycles. The molecule has 1 aromatic heterocycles.